The van der Waals surface area contributed by atoms with E-state index in [9.17, 15) is 18.3 Å². The number of thiazole rings is 1. The molecule has 0 saturated carbocycles. The summed E-state index contributed by atoms with van der Waals surface area (Å²) >= 11 is 1.36. The number of benzene rings is 1. The summed E-state index contributed by atoms with van der Waals surface area (Å²) in [6, 6.07) is 10.3. The van der Waals surface area contributed by atoms with Gasteiger partial charge >= 0.3 is 0 Å². The highest BCUT2D eigenvalue weighted by Crippen LogP contribution is 2.35. The predicted molar refractivity (Wildman–Crippen MR) is 125 cm³/mol. The van der Waals surface area contributed by atoms with Crippen molar-refractivity contribution < 1.29 is 18.3 Å². The number of amides is 1. The number of carbonyl (C=O) groups is 1. The lowest BCUT2D eigenvalue weighted by Gasteiger charge is -2.16. The first-order chi connectivity index (χ1) is 15.9. The van der Waals surface area contributed by atoms with E-state index in [1.54, 1.807) is 18.3 Å². The van der Waals surface area contributed by atoms with E-state index in [4.69, 9.17) is 0 Å². The molecule has 172 valence electrons. The molecule has 11 heteroatoms. The summed E-state index contributed by atoms with van der Waals surface area (Å²) in [6.45, 7) is 1.09. The number of sulfonamides is 1. The van der Waals surface area contributed by atoms with Crippen LogP contribution in [0, 0.1) is 0 Å². The molecule has 2 aliphatic heterocycles. The van der Waals surface area contributed by atoms with E-state index in [2.05, 4.69) is 20.6 Å². The number of carbonyl (C=O) groups excluding carboxylic acids is 1. The van der Waals surface area contributed by atoms with E-state index in [1.807, 2.05) is 17.5 Å². The molecule has 2 atom stereocenters. The van der Waals surface area contributed by atoms with Crippen LogP contribution in [0.25, 0.3) is 0 Å². The lowest BCUT2D eigenvalue weighted by molar-refractivity contribution is -0.115. The molecule has 4 heterocycles. The van der Waals surface area contributed by atoms with E-state index in [0.717, 1.165) is 17.1 Å². The van der Waals surface area contributed by atoms with Crippen molar-refractivity contribution in [3.8, 4) is 0 Å². The average Bonchev–Trinajstić information content (AvgIpc) is 3.53. The molecule has 1 fully saturated rings. The zero-order valence-corrected chi connectivity index (χ0v) is 19.3. The van der Waals surface area contributed by atoms with Crippen molar-refractivity contribution in [3.05, 3.63) is 64.8 Å². The maximum absolute atomic E-state index is 12.8. The van der Waals surface area contributed by atoms with Gasteiger partial charge in [-0.25, -0.2) is 18.4 Å². The normalized spacial score (nSPS) is 20.4. The van der Waals surface area contributed by atoms with Gasteiger partial charge in [0.15, 0.2) is 5.13 Å². The van der Waals surface area contributed by atoms with Crippen LogP contribution in [0.5, 0.6) is 0 Å². The molecule has 3 N–H and O–H groups in total. The van der Waals surface area contributed by atoms with Gasteiger partial charge in [0.1, 0.15) is 5.82 Å². The fourth-order valence-electron chi connectivity index (χ4n) is 4.17. The highest BCUT2D eigenvalue weighted by molar-refractivity contribution is 7.89. The van der Waals surface area contributed by atoms with Crippen LogP contribution in [0.4, 0.5) is 10.9 Å². The minimum atomic E-state index is -3.70. The van der Waals surface area contributed by atoms with E-state index >= 15 is 0 Å². The number of fused-ring (bicyclic) bond motifs is 1. The molecule has 2 aromatic heterocycles. The van der Waals surface area contributed by atoms with Gasteiger partial charge in [-0.15, -0.1) is 11.3 Å². The summed E-state index contributed by atoms with van der Waals surface area (Å²) in [5, 5.41) is 18.2. The Hall–Kier alpha value is -2.86. The molecule has 5 rings (SSSR count). The maximum Gasteiger partial charge on any atom is 0.243 e. The first-order valence-corrected chi connectivity index (χ1v) is 12.9. The number of β-amino-alcohol motifs (C(OH)–C–C–N with tert-alkyl or cyclic N) is 1. The van der Waals surface area contributed by atoms with Gasteiger partial charge in [0.2, 0.25) is 15.9 Å². The third-order valence-corrected chi connectivity index (χ3v) is 8.48. The van der Waals surface area contributed by atoms with Crippen LogP contribution < -0.4 is 10.6 Å². The number of aliphatic hydroxyl groups excluding tert-OH is 1. The van der Waals surface area contributed by atoms with Gasteiger partial charge in [-0.1, -0.05) is 18.2 Å². The molecular weight excluding hydrogens is 462 g/mol. The molecule has 0 radical (unpaired) electrons. The molecule has 0 spiro atoms. The lowest BCUT2D eigenvalue weighted by Crippen LogP contribution is -2.29. The fraction of sp³-hybridized carbons (Fsp3) is 0.318. The van der Waals surface area contributed by atoms with Gasteiger partial charge in [0.25, 0.3) is 0 Å². The Morgan fingerprint density at radius 2 is 2.18 bits per heavy atom. The molecule has 9 nitrogen and oxygen atoms in total. The maximum atomic E-state index is 12.8. The van der Waals surface area contributed by atoms with E-state index in [-0.39, 0.29) is 36.2 Å². The number of hydrogen-bond acceptors (Lipinski definition) is 8. The SMILES string of the molecule is O=C(Cc1cccc(S(=O)(=O)N2CCC(O)C2)c1)Nc1nc(C2CNc3ncccc32)cs1. The van der Waals surface area contributed by atoms with E-state index in [0.29, 0.717) is 23.7 Å². The summed E-state index contributed by atoms with van der Waals surface area (Å²) in [5.41, 5.74) is 2.55. The average molecular weight is 486 g/mol. The minimum Gasteiger partial charge on any atom is -0.392 e. The highest BCUT2D eigenvalue weighted by Gasteiger charge is 2.32. The van der Waals surface area contributed by atoms with Crippen molar-refractivity contribution in [2.45, 2.75) is 29.8 Å². The van der Waals surface area contributed by atoms with Gasteiger partial charge < -0.3 is 15.7 Å². The molecule has 33 heavy (non-hydrogen) atoms. The number of hydrogen-bond donors (Lipinski definition) is 3. The van der Waals surface area contributed by atoms with Gasteiger partial charge in [-0.3, -0.25) is 4.79 Å². The quantitative estimate of drug-likeness (QED) is 0.488. The van der Waals surface area contributed by atoms with Gasteiger partial charge in [0.05, 0.1) is 23.1 Å². The number of aliphatic hydroxyl groups is 1. The zero-order chi connectivity index (χ0) is 23.0. The summed E-state index contributed by atoms with van der Waals surface area (Å²) < 4.78 is 26.9. The first kappa shape index (κ1) is 22.0. The lowest BCUT2D eigenvalue weighted by atomic mass is 10.0. The van der Waals surface area contributed by atoms with Crippen LogP contribution in [0.1, 0.15) is 29.2 Å². The third kappa shape index (κ3) is 4.49. The van der Waals surface area contributed by atoms with Crippen molar-refractivity contribution in [2.75, 3.05) is 30.3 Å². The standard InChI is InChI=1S/C22H23N5O4S2/c28-15-6-8-27(12-15)33(30,31)16-4-1-3-14(9-16)10-20(29)26-22-25-19(13-32-22)18-11-24-21-17(18)5-2-7-23-21/h1-5,7,9,13,15,18,28H,6,8,10-12H2,(H,23,24)(H,25,26,29). The van der Waals surface area contributed by atoms with Crippen LogP contribution >= 0.6 is 11.3 Å². The zero-order valence-electron chi connectivity index (χ0n) is 17.6. The van der Waals surface area contributed by atoms with Gasteiger partial charge in [-0.05, 0) is 30.2 Å². The summed E-state index contributed by atoms with van der Waals surface area (Å²) in [5.74, 6) is 0.676. The smallest absolute Gasteiger partial charge is 0.243 e. The molecule has 2 unspecified atom stereocenters. The van der Waals surface area contributed by atoms with Crippen LogP contribution in [-0.2, 0) is 21.2 Å². The van der Waals surface area contributed by atoms with Crippen molar-refractivity contribution in [3.63, 3.8) is 0 Å². The Balaban J connectivity index is 1.25. The van der Waals surface area contributed by atoms with Gasteiger partial charge in [0, 0.05) is 42.7 Å². The molecule has 1 saturated heterocycles. The van der Waals surface area contributed by atoms with Crippen LogP contribution in [0.3, 0.4) is 0 Å². The number of aromatic nitrogens is 2. The molecule has 1 amide bonds. The Morgan fingerprint density at radius 1 is 1.30 bits per heavy atom. The monoisotopic (exact) mass is 485 g/mol. The second-order valence-corrected chi connectivity index (χ2v) is 10.9. The summed E-state index contributed by atoms with van der Waals surface area (Å²) in [6.07, 6.45) is 1.56. The number of anilines is 2. The summed E-state index contributed by atoms with van der Waals surface area (Å²) in [7, 11) is -3.70. The second kappa shape index (κ2) is 8.82. The Kier molecular flexibility index (Phi) is 5.87. The Bertz CT molecular complexity index is 1290. The molecule has 0 bridgehead atoms. The molecule has 1 aromatic carbocycles. The topological polar surface area (TPSA) is 125 Å². The van der Waals surface area contributed by atoms with Crippen LogP contribution in [0.15, 0.2) is 52.9 Å². The second-order valence-electron chi connectivity index (χ2n) is 8.13. The van der Waals surface area contributed by atoms with Crippen LogP contribution in [0.2, 0.25) is 0 Å². The first-order valence-electron chi connectivity index (χ1n) is 10.6. The molecule has 0 aliphatic carbocycles. The van der Waals surface area contributed by atoms with Crippen molar-refractivity contribution in [1.82, 2.24) is 14.3 Å². The van der Waals surface area contributed by atoms with E-state index in [1.165, 1.54) is 27.8 Å². The van der Waals surface area contributed by atoms with Crippen LogP contribution in [-0.4, -0.2) is 59.4 Å². The Labute approximate surface area is 195 Å². The minimum absolute atomic E-state index is 0.0264. The number of nitrogens with zero attached hydrogens (tertiary/aromatic N) is 3. The Morgan fingerprint density at radius 3 is 3.00 bits per heavy atom. The van der Waals surface area contributed by atoms with E-state index < -0.39 is 16.1 Å². The van der Waals surface area contributed by atoms with Gasteiger partial charge in [-0.2, -0.15) is 4.31 Å². The van der Waals surface area contributed by atoms with Crippen molar-refractivity contribution in [2.24, 2.45) is 0 Å². The third-order valence-electron chi connectivity index (χ3n) is 5.84. The number of pyridine rings is 1. The molecule has 3 aromatic rings. The number of nitrogens with one attached hydrogen (secondary N) is 2. The fourth-order valence-corrected chi connectivity index (χ4v) is 6.51. The predicted octanol–water partition coefficient (Wildman–Crippen LogP) is 2.03. The molecular formula is C22H23N5O4S2. The molecule has 2 aliphatic rings. The van der Waals surface area contributed by atoms with Crippen molar-refractivity contribution in [1.29, 1.82) is 0 Å². The number of rotatable bonds is 6. The highest BCUT2D eigenvalue weighted by atomic mass is 32.2. The van der Waals surface area contributed by atoms with Crippen molar-refractivity contribution >= 4 is 38.2 Å². The largest absolute Gasteiger partial charge is 0.392 e. The summed E-state index contributed by atoms with van der Waals surface area (Å²) in [4.78, 5) is 21.6.